The lowest BCUT2D eigenvalue weighted by Gasteiger charge is -2.27. The van der Waals surface area contributed by atoms with Crippen LogP contribution in [0.5, 0.6) is 0 Å². The van der Waals surface area contributed by atoms with Crippen molar-refractivity contribution >= 4 is 0 Å². The molecule has 1 fully saturated rings. The summed E-state index contributed by atoms with van der Waals surface area (Å²) in [5.41, 5.74) is 0. The lowest BCUT2D eigenvalue weighted by atomic mass is 10.4. The van der Waals surface area contributed by atoms with E-state index in [1.165, 1.54) is 0 Å². The highest BCUT2D eigenvalue weighted by molar-refractivity contribution is 4.61. The lowest BCUT2D eigenvalue weighted by molar-refractivity contribution is -0.163. The number of rotatable bonds is 17. The van der Waals surface area contributed by atoms with Crippen molar-refractivity contribution in [2.45, 2.75) is 12.7 Å². The summed E-state index contributed by atoms with van der Waals surface area (Å²) >= 11 is 0. The van der Waals surface area contributed by atoms with Crippen molar-refractivity contribution in [3.63, 3.8) is 0 Å². The van der Waals surface area contributed by atoms with Gasteiger partial charge in [-0.05, 0) is 0 Å². The molecule has 0 aromatic rings. The standard InChI is InChI=1S/C17H35NO7/c1-19-11-13-21-7-3-17(25-16-15-23-14-12-20-2)24-10-6-18-4-8-22-9-5-18/h17H,3-16H2,1-2H3. The molecule has 0 aromatic carbocycles. The summed E-state index contributed by atoms with van der Waals surface area (Å²) in [4.78, 5) is 2.34. The largest absolute Gasteiger partial charge is 0.382 e. The van der Waals surface area contributed by atoms with E-state index in [1.807, 2.05) is 0 Å². The second kappa shape index (κ2) is 17.1. The Labute approximate surface area is 151 Å². The van der Waals surface area contributed by atoms with Gasteiger partial charge in [-0.15, -0.1) is 0 Å². The molecule has 0 N–H and O–H groups in total. The van der Waals surface area contributed by atoms with Crippen molar-refractivity contribution in [2.75, 3.05) is 99.9 Å². The highest BCUT2D eigenvalue weighted by Crippen LogP contribution is 2.04. The van der Waals surface area contributed by atoms with E-state index < -0.39 is 0 Å². The van der Waals surface area contributed by atoms with Crippen molar-refractivity contribution in [1.29, 1.82) is 0 Å². The molecule has 1 aliphatic heterocycles. The average molecular weight is 365 g/mol. The number of methoxy groups -OCH3 is 2. The molecule has 1 unspecified atom stereocenters. The van der Waals surface area contributed by atoms with Crippen LogP contribution in [0.4, 0.5) is 0 Å². The van der Waals surface area contributed by atoms with Crippen LogP contribution < -0.4 is 0 Å². The molecule has 0 aliphatic carbocycles. The summed E-state index contributed by atoms with van der Waals surface area (Å²) in [5.74, 6) is 0. The normalized spacial score (nSPS) is 17.0. The predicted molar refractivity (Wildman–Crippen MR) is 93.0 cm³/mol. The molecule has 0 amide bonds. The van der Waals surface area contributed by atoms with Crippen LogP contribution in [-0.2, 0) is 33.2 Å². The zero-order valence-electron chi connectivity index (χ0n) is 15.8. The second-order valence-electron chi connectivity index (χ2n) is 5.62. The first kappa shape index (κ1) is 22.7. The van der Waals surface area contributed by atoms with Crippen LogP contribution in [0.1, 0.15) is 6.42 Å². The fourth-order valence-electron chi connectivity index (χ4n) is 2.26. The molecule has 1 atom stereocenters. The van der Waals surface area contributed by atoms with Crippen LogP contribution >= 0.6 is 0 Å². The first-order valence-corrected chi connectivity index (χ1v) is 9.03. The number of ether oxygens (including phenoxy) is 7. The fraction of sp³-hybridized carbons (Fsp3) is 1.00. The van der Waals surface area contributed by atoms with E-state index in [0.29, 0.717) is 59.3 Å². The highest BCUT2D eigenvalue weighted by atomic mass is 16.7. The minimum atomic E-state index is -0.283. The van der Waals surface area contributed by atoms with Gasteiger partial charge in [-0.1, -0.05) is 0 Å². The van der Waals surface area contributed by atoms with E-state index in [0.717, 1.165) is 32.8 Å². The Morgan fingerprint density at radius 2 is 1.36 bits per heavy atom. The number of hydrogen-bond acceptors (Lipinski definition) is 8. The van der Waals surface area contributed by atoms with E-state index in [2.05, 4.69) is 4.90 Å². The molecular formula is C17H35NO7. The molecule has 1 saturated heterocycles. The third-order valence-corrected chi connectivity index (χ3v) is 3.71. The van der Waals surface area contributed by atoms with Crippen molar-refractivity contribution < 1.29 is 33.2 Å². The third kappa shape index (κ3) is 13.5. The van der Waals surface area contributed by atoms with E-state index >= 15 is 0 Å². The molecule has 150 valence electrons. The third-order valence-electron chi connectivity index (χ3n) is 3.71. The molecule has 8 nitrogen and oxygen atoms in total. The van der Waals surface area contributed by atoms with Gasteiger partial charge in [0.2, 0.25) is 0 Å². The van der Waals surface area contributed by atoms with Gasteiger partial charge in [-0.25, -0.2) is 0 Å². The van der Waals surface area contributed by atoms with Crippen molar-refractivity contribution in [2.24, 2.45) is 0 Å². The van der Waals surface area contributed by atoms with Crippen molar-refractivity contribution in [3.05, 3.63) is 0 Å². The van der Waals surface area contributed by atoms with Crippen LogP contribution in [0.3, 0.4) is 0 Å². The van der Waals surface area contributed by atoms with E-state index in [-0.39, 0.29) is 6.29 Å². The Balaban J connectivity index is 2.13. The molecule has 0 spiro atoms. The summed E-state index contributed by atoms with van der Waals surface area (Å²) in [6.45, 7) is 8.97. The Hall–Kier alpha value is -0.320. The maximum absolute atomic E-state index is 5.88. The first-order chi connectivity index (χ1) is 12.4. The first-order valence-electron chi connectivity index (χ1n) is 9.03. The molecule has 1 aliphatic rings. The SMILES string of the molecule is COCCOCCOC(CCOCCOC)OCCN1CCOCC1. The van der Waals surface area contributed by atoms with Gasteiger partial charge in [-0.3, -0.25) is 4.90 Å². The number of hydrogen-bond donors (Lipinski definition) is 0. The van der Waals surface area contributed by atoms with Gasteiger partial charge in [0.05, 0.1) is 66.1 Å². The van der Waals surface area contributed by atoms with Gasteiger partial charge < -0.3 is 33.2 Å². The molecule has 25 heavy (non-hydrogen) atoms. The van der Waals surface area contributed by atoms with Crippen molar-refractivity contribution in [3.8, 4) is 0 Å². The predicted octanol–water partition coefficient (Wildman–Crippen LogP) is 0.394. The molecule has 8 heteroatoms. The minimum Gasteiger partial charge on any atom is -0.382 e. The highest BCUT2D eigenvalue weighted by Gasteiger charge is 2.13. The Kier molecular flexibility index (Phi) is 15.6. The van der Waals surface area contributed by atoms with E-state index in [9.17, 15) is 0 Å². The van der Waals surface area contributed by atoms with Gasteiger partial charge in [0, 0.05) is 40.3 Å². The quantitative estimate of drug-likeness (QED) is 0.271. The summed E-state index contributed by atoms with van der Waals surface area (Å²) < 4.78 is 37.8. The Morgan fingerprint density at radius 3 is 2.04 bits per heavy atom. The van der Waals surface area contributed by atoms with Gasteiger partial charge >= 0.3 is 0 Å². The van der Waals surface area contributed by atoms with Gasteiger partial charge in [-0.2, -0.15) is 0 Å². The summed E-state index contributed by atoms with van der Waals surface area (Å²) in [6, 6.07) is 0. The lowest BCUT2D eigenvalue weighted by Crippen LogP contribution is -2.39. The summed E-state index contributed by atoms with van der Waals surface area (Å²) in [7, 11) is 3.31. The van der Waals surface area contributed by atoms with Gasteiger partial charge in [0.1, 0.15) is 0 Å². The number of nitrogens with zero attached hydrogens (tertiary/aromatic N) is 1. The zero-order chi connectivity index (χ0) is 18.0. The molecule has 1 rings (SSSR count). The summed E-state index contributed by atoms with van der Waals surface area (Å²) in [5, 5.41) is 0. The van der Waals surface area contributed by atoms with Crippen LogP contribution in [0.15, 0.2) is 0 Å². The van der Waals surface area contributed by atoms with Gasteiger partial charge in [0.15, 0.2) is 6.29 Å². The number of morpholine rings is 1. The second-order valence-corrected chi connectivity index (χ2v) is 5.62. The molecular weight excluding hydrogens is 330 g/mol. The monoisotopic (exact) mass is 365 g/mol. The molecule has 0 aromatic heterocycles. The van der Waals surface area contributed by atoms with Crippen molar-refractivity contribution in [1.82, 2.24) is 4.90 Å². The zero-order valence-corrected chi connectivity index (χ0v) is 15.8. The topological polar surface area (TPSA) is 67.9 Å². The molecule has 0 bridgehead atoms. The maximum Gasteiger partial charge on any atom is 0.159 e. The van der Waals surface area contributed by atoms with Crippen LogP contribution in [0.2, 0.25) is 0 Å². The molecule has 1 heterocycles. The van der Waals surface area contributed by atoms with Crippen LogP contribution in [0.25, 0.3) is 0 Å². The minimum absolute atomic E-state index is 0.283. The van der Waals surface area contributed by atoms with Gasteiger partial charge in [0.25, 0.3) is 0 Å². The van der Waals surface area contributed by atoms with Crippen LogP contribution in [0, 0.1) is 0 Å². The molecule has 0 saturated carbocycles. The van der Waals surface area contributed by atoms with E-state index in [4.69, 9.17) is 33.2 Å². The van der Waals surface area contributed by atoms with Crippen LogP contribution in [-0.4, -0.2) is 111 Å². The molecule has 0 radical (unpaired) electrons. The Morgan fingerprint density at radius 1 is 0.760 bits per heavy atom. The smallest absolute Gasteiger partial charge is 0.159 e. The Bertz CT molecular complexity index is 278. The maximum atomic E-state index is 5.88. The van der Waals surface area contributed by atoms with E-state index in [1.54, 1.807) is 14.2 Å². The average Bonchev–Trinajstić information content (AvgIpc) is 2.64. The summed E-state index contributed by atoms with van der Waals surface area (Å²) in [6.07, 6.45) is 0.403. The fourth-order valence-corrected chi connectivity index (χ4v) is 2.26.